The van der Waals surface area contributed by atoms with Crippen LogP contribution < -0.4 is 11.1 Å². The van der Waals surface area contributed by atoms with Crippen LogP contribution in [-0.4, -0.2) is 75.0 Å². The maximum atomic E-state index is 12.7. The van der Waals surface area contributed by atoms with Gasteiger partial charge in [0.05, 0.1) is 25.7 Å². The zero-order valence-corrected chi connectivity index (χ0v) is 20.8. The topological polar surface area (TPSA) is 125 Å². The molecule has 5 unspecified atom stereocenters. The van der Waals surface area contributed by atoms with Crippen LogP contribution in [0.5, 0.6) is 0 Å². The van der Waals surface area contributed by atoms with Crippen LogP contribution in [0.3, 0.4) is 0 Å². The number of carbonyl (C=O) groups excluding carboxylic acids is 2. The molecule has 3 rings (SSSR count). The van der Waals surface area contributed by atoms with Crippen molar-refractivity contribution in [1.29, 1.82) is 0 Å². The Balaban J connectivity index is 1.64. The van der Waals surface area contributed by atoms with Crippen molar-refractivity contribution in [2.45, 2.75) is 101 Å². The molecule has 2 aliphatic heterocycles. The molecular formula is C24H42N2O7. The van der Waals surface area contributed by atoms with Crippen LogP contribution in [0, 0.1) is 11.8 Å². The highest BCUT2D eigenvalue weighted by Gasteiger charge is 2.72. The minimum absolute atomic E-state index is 0.0281. The lowest BCUT2D eigenvalue weighted by molar-refractivity contribution is -0.143. The van der Waals surface area contributed by atoms with E-state index in [9.17, 15) is 9.59 Å². The third kappa shape index (κ3) is 5.99. The number of unbranched alkanes of at least 4 members (excludes halogenated alkanes) is 1. The molecule has 7 atom stereocenters. The Labute approximate surface area is 197 Å². The fourth-order valence-electron chi connectivity index (χ4n) is 5.47. The number of carbonyl (C=O) groups is 2. The molecule has 1 aliphatic carbocycles. The van der Waals surface area contributed by atoms with Crippen molar-refractivity contribution in [1.82, 2.24) is 5.32 Å². The van der Waals surface area contributed by atoms with Crippen molar-refractivity contribution >= 4 is 12.1 Å². The molecule has 9 heteroatoms. The van der Waals surface area contributed by atoms with Crippen molar-refractivity contribution in [3.05, 3.63) is 0 Å². The molecule has 1 spiro atoms. The summed E-state index contributed by atoms with van der Waals surface area (Å²) in [5.41, 5.74) is 4.91. The number of methoxy groups -OCH3 is 2. The van der Waals surface area contributed by atoms with Gasteiger partial charge in [0, 0.05) is 7.11 Å². The quantitative estimate of drug-likeness (QED) is 0.253. The van der Waals surface area contributed by atoms with E-state index < -0.39 is 24.2 Å². The number of epoxide rings is 2. The minimum atomic E-state index is -0.766. The normalized spacial score (nSPS) is 35.8. The Hall–Kier alpha value is -1.42. The van der Waals surface area contributed by atoms with Crippen LogP contribution in [0.4, 0.5) is 4.79 Å². The minimum Gasteiger partial charge on any atom is -0.467 e. The largest absolute Gasteiger partial charge is 0.467 e. The first-order valence-electron chi connectivity index (χ1n) is 12.3. The van der Waals surface area contributed by atoms with Gasteiger partial charge in [0.1, 0.15) is 29.5 Å². The average molecular weight is 471 g/mol. The number of ether oxygens (including phenoxy) is 5. The molecular weight excluding hydrogens is 428 g/mol. The highest BCUT2D eigenvalue weighted by Crippen LogP contribution is 2.59. The predicted molar refractivity (Wildman–Crippen MR) is 122 cm³/mol. The first-order valence-corrected chi connectivity index (χ1v) is 12.3. The number of amides is 1. The maximum Gasteiger partial charge on any atom is 0.408 e. The number of hydrogen-bond donors (Lipinski definition) is 2. The summed E-state index contributed by atoms with van der Waals surface area (Å²) in [6.07, 6.45) is 4.12. The van der Waals surface area contributed by atoms with E-state index in [-0.39, 0.29) is 29.3 Å². The number of nitrogens with two attached hydrogens (primary N) is 1. The van der Waals surface area contributed by atoms with E-state index in [1.807, 2.05) is 0 Å². The second-order valence-electron chi connectivity index (χ2n) is 10.3. The smallest absolute Gasteiger partial charge is 0.408 e. The molecule has 0 aromatic carbocycles. The van der Waals surface area contributed by atoms with Crippen molar-refractivity contribution in [2.24, 2.45) is 17.6 Å². The fraction of sp³-hybridized carbons (Fsp3) is 0.917. The van der Waals surface area contributed by atoms with Crippen LogP contribution in [-0.2, 0) is 28.5 Å². The Bertz CT molecular complexity index is 684. The van der Waals surface area contributed by atoms with Crippen LogP contribution in [0.25, 0.3) is 0 Å². The van der Waals surface area contributed by atoms with Gasteiger partial charge in [-0.1, -0.05) is 13.8 Å². The van der Waals surface area contributed by atoms with Gasteiger partial charge in [-0.05, 0) is 64.3 Å². The molecule has 0 radical (unpaired) electrons. The first-order chi connectivity index (χ1) is 15.7. The monoisotopic (exact) mass is 470 g/mol. The van der Waals surface area contributed by atoms with Crippen LogP contribution >= 0.6 is 0 Å². The van der Waals surface area contributed by atoms with E-state index in [2.05, 4.69) is 26.1 Å². The summed E-state index contributed by atoms with van der Waals surface area (Å²) < 4.78 is 28.8. The van der Waals surface area contributed by atoms with E-state index in [1.54, 1.807) is 7.11 Å². The van der Waals surface area contributed by atoms with Crippen LogP contribution in [0.2, 0.25) is 0 Å². The fourth-order valence-corrected chi connectivity index (χ4v) is 5.47. The highest BCUT2D eigenvalue weighted by molar-refractivity contribution is 5.81. The number of nitrogens with one attached hydrogen (secondary N) is 1. The summed E-state index contributed by atoms with van der Waals surface area (Å²) in [6.45, 7) is 7.76. The number of hydrogen-bond acceptors (Lipinski definition) is 8. The van der Waals surface area contributed by atoms with E-state index >= 15 is 0 Å². The Morgan fingerprint density at radius 2 is 1.94 bits per heavy atom. The predicted octanol–water partition coefficient (Wildman–Crippen LogP) is 2.54. The molecule has 9 nitrogen and oxygen atoms in total. The van der Waals surface area contributed by atoms with Crippen molar-refractivity contribution in [3.8, 4) is 0 Å². The second-order valence-corrected chi connectivity index (χ2v) is 10.3. The zero-order valence-electron chi connectivity index (χ0n) is 20.8. The van der Waals surface area contributed by atoms with Gasteiger partial charge in [-0.3, -0.25) is 0 Å². The lowest BCUT2D eigenvalue weighted by atomic mass is 9.68. The van der Waals surface area contributed by atoms with Crippen molar-refractivity contribution in [2.75, 3.05) is 27.4 Å². The van der Waals surface area contributed by atoms with E-state index in [1.165, 1.54) is 7.11 Å². The molecule has 1 amide bonds. The molecule has 3 fully saturated rings. The number of esters is 1. The lowest BCUT2D eigenvalue weighted by Gasteiger charge is -2.42. The molecule has 3 aliphatic rings. The van der Waals surface area contributed by atoms with Crippen molar-refractivity contribution < 1.29 is 33.3 Å². The summed E-state index contributed by atoms with van der Waals surface area (Å²) >= 11 is 0. The molecule has 3 N–H and O–H groups in total. The van der Waals surface area contributed by atoms with Gasteiger partial charge in [-0.15, -0.1) is 0 Å². The average Bonchev–Trinajstić information content (AvgIpc) is 3.69. The highest BCUT2D eigenvalue weighted by atomic mass is 16.6. The van der Waals surface area contributed by atoms with E-state index in [4.69, 9.17) is 29.4 Å². The molecule has 1 saturated carbocycles. The number of rotatable bonds is 12. The molecule has 2 heterocycles. The third-order valence-corrected chi connectivity index (χ3v) is 7.49. The summed E-state index contributed by atoms with van der Waals surface area (Å²) in [5.74, 6) is 0.0900. The van der Waals surface area contributed by atoms with Gasteiger partial charge in [-0.25, -0.2) is 9.59 Å². The van der Waals surface area contributed by atoms with Gasteiger partial charge >= 0.3 is 12.1 Å². The zero-order chi connectivity index (χ0) is 24.2. The van der Waals surface area contributed by atoms with Gasteiger partial charge < -0.3 is 34.7 Å². The van der Waals surface area contributed by atoms with Gasteiger partial charge in [-0.2, -0.15) is 0 Å². The second kappa shape index (κ2) is 10.9. The standard InChI is InChI=1S/C24H42N2O7/c1-15(2)9-10-18-23(3,33-18)20-19(29-4)17(11-12-24(20)14-31-24)32-22(28)26-16(21(27)30-5)8-6-7-13-25/h15-20H,6-14,25H2,1-5H3,(H,26,28)/t16?,17?,18-,19?,20?,23?,24+/m1/s1. The van der Waals surface area contributed by atoms with Gasteiger partial charge in [0.25, 0.3) is 0 Å². The molecule has 0 bridgehead atoms. The van der Waals surface area contributed by atoms with Crippen molar-refractivity contribution in [3.63, 3.8) is 0 Å². The third-order valence-electron chi connectivity index (χ3n) is 7.49. The summed E-state index contributed by atoms with van der Waals surface area (Å²) in [7, 11) is 2.95. The summed E-state index contributed by atoms with van der Waals surface area (Å²) in [5, 5.41) is 2.67. The Kier molecular flexibility index (Phi) is 8.64. The SMILES string of the molecule is COC(=O)C(CCCCN)NC(=O)OC1CC[C@]2(CO2)C(C2(C)O[C@@H]2CCC(C)C)C1OC. The Morgan fingerprint density at radius 3 is 2.52 bits per heavy atom. The molecule has 190 valence electrons. The van der Waals surface area contributed by atoms with E-state index in [0.717, 1.165) is 25.7 Å². The van der Waals surface area contributed by atoms with E-state index in [0.29, 0.717) is 38.3 Å². The van der Waals surface area contributed by atoms with Gasteiger partial charge in [0.15, 0.2) is 0 Å². The lowest BCUT2D eigenvalue weighted by Crippen LogP contribution is -2.56. The Morgan fingerprint density at radius 1 is 1.21 bits per heavy atom. The maximum absolute atomic E-state index is 12.7. The summed E-state index contributed by atoms with van der Waals surface area (Å²) in [6, 6.07) is -0.766. The van der Waals surface area contributed by atoms with Crippen LogP contribution in [0.15, 0.2) is 0 Å². The van der Waals surface area contributed by atoms with Gasteiger partial charge in [0.2, 0.25) is 0 Å². The molecule has 0 aromatic rings. The van der Waals surface area contributed by atoms with Crippen LogP contribution in [0.1, 0.15) is 65.7 Å². The first kappa shape index (κ1) is 26.2. The molecule has 0 aromatic heterocycles. The summed E-state index contributed by atoms with van der Waals surface area (Å²) in [4.78, 5) is 24.8. The molecule has 2 saturated heterocycles. The molecule has 33 heavy (non-hydrogen) atoms. The number of alkyl carbamates (subject to hydrolysis) is 1.